The quantitative estimate of drug-likeness (QED) is 0.181. The van der Waals surface area contributed by atoms with E-state index < -0.39 is 0 Å². The first kappa shape index (κ1) is 32.9. The summed E-state index contributed by atoms with van der Waals surface area (Å²) in [6.07, 6.45) is 0. The number of hydrogen-bond acceptors (Lipinski definition) is 3. The van der Waals surface area contributed by atoms with Gasteiger partial charge in [0.2, 0.25) is 0 Å². The molecule has 0 aliphatic heterocycles. The monoisotopic (exact) mass is 743 g/mol. The Morgan fingerprint density at radius 1 is 0.448 bits per heavy atom. The highest BCUT2D eigenvalue weighted by Crippen LogP contribution is 2.55. The Labute approximate surface area is 336 Å². The van der Waals surface area contributed by atoms with E-state index in [9.17, 15) is 5.26 Å². The van der Waals surface area contributed by atoms with Crippen molar-refractivity contribution in [2.45, 2.75) is 38.5 Å². The molecule has 58 heavy (non-hydrogen) atoms. The minimum Gasteiger partial charge on any atom is -0.292 e. The van der Waals surface area contributed by atoms with Gasteiger partial charge in [-0.05, 0) is 68.8 Å². The summed E-state index contributed by atoms with van der Waals surface area (Å²) in [5.41, 5.74) is 15.2. The number of fused-ring (bicyclic) bond motifs is 14. The molecule has 0 bridgehead atoms. The van der Waals surface area contributed by atoms with Crippen LogP contribution in [0.4, 0.5) is 0 Å². The van der Waals surface area contributed by atoms with Gasteiger partial charge in [0.05, 0.1) is 22.1 Å². The number of nitrogens with zero attached hydrogens (tertiary/aromatic N) is 5. The number of para-hydroxylation sites is 2. The van der Waals surface area contributed by atoms with Crippen LogP contribution in [-0.2, 0) is 10.8 Å². The van der Waals surface area contributed by atoms with E-state index >= 15 is 0 Å². The van der Waals surface area contributed by atoms with Crippen molar-refractivity contribution < 1.29 is 0 Å². The molecule has 0 amide bonds. The van der Waals surface area contributed by atoms with E-state index in [1.54, 1.807) is 0 Å². The predicted molar refractivity (Wildman–Crippen MR) is 236 cm³/mol. The van der Waals surface area contributed by atoms with Gasteiger partial charge in [0.15, 0.2) is 17.5 Å². The van der Waals surface area contributed by atoms with Gasteiger partial charge in [0.1, 0.15) is 11.6 Å². The van der Waals surface area contributed by atoms with Gasteiger partial charge in [-0.15, -0.1) is 0 Å². The van der Waals surface area contributed by atoms with Crippen molar-refractivity contribution in [3.63, 3.8) is 0 Å². The van der Waals surface area contributed by atoms with Crippen LogP contribution in [0.2, 0.25) is 0 Å². The molecule has 0 atom stereocenters. The van der Waals surface area contributed by atoms with Crippen molar-refractivity contribution in [3.8, 4) is 51.3 Å². The van der Waals surface area contributed by atoms with Crippen molar-refractivity contribution in [3.05, 3.63) is 179 Å². The predicted octanol–water partition coefficient (Wildman–Crippen LogP) is 12.8. The lowest BCUT2D eigenvalue weighted by molar-refractivity contribution is 0.666. The summed E-state index contributed by atoms with van der Waals surface area (Å²) in [6.45, 7) is 9.33. The fourth-order valence-corrected chi connectivity index (χ4v) is 10.7. The molecule has 274 valence electrons. The SMILES string of the molecule is CC1(C)c2ccccc2-c2ccc3c(c21)c1ccccc1n3-c1nc(-c2ccccc2)nc(-n2c3ccccc3c3c4c(ccc32)-c2ccccc2C4(C)C)c1C#N. The van der Waals surface area contributed by atoms with Gasteiger partial charge in [-0.3, -0.25) is 9.13 Å². The zero-order valence-electron chi connectivity index (χ0n) is 32.7. The fraction of sp³-hybridized carbons (Fsp3) is 0.113. The minimum absolute atomic E-state index is 0.235. The summed E-state index contributed by atoms with van der Waals surface area (Å²) in [6, 6.07) is 56.5. The molecule has 0 N–H and O–H groups in total. The van der Waals surface area contributed by atoms with E-state index in [0.717, 1.165) is 38.4 Å². The lowest BCUT2D eigenvalue weighted by atomic mass is 9.80. The van der Waals surface area contributed by atoms with Crippen LogP contribution in [0.15, 0.2) is 152 Å². The number of benzene rings is 7. The summed E-state index contributed by atoms with van der Waals surface area (Å²) >= 11 is 0. The van der Waals surface area contributed by atoms with Gasteiger partial charge in [-0.25, -0.2) is 9.97 Å². The standard InChI is InChI=1S/C53H37N5/c1-52(2)39-22-12-8-18-32(39)34-26-28-43-45(47(34)52)36-20-10-14-24-41(36)57(43)50-38(30-54)51(56-49(55-50)31-16-6-5-7-17-31)58-42-25-15-11-21-37(42)46-44(58)29-27-35-33-19-9-13-23-40(33)53(3,4)48(35)46/h5-29H,1-4H3. The second-order valence-electron chi connectivity index (χ2n) is 16.9. The van der Waals surface area contributed by atoms with Gasteiger partial charge < -0.3 is 0 Å². The second-order valence-corrected chi connectivity index (χ2v) is 16.9. The van der Waals surface area contributed by atoms with E-state index in [4.69, 9.17) is 9.97 Å². The van der Waals surface area contributed by atoms with E-state index in [-0.39, 0.29) is 10.8 Å². The zero-order chi connectivity index (χ0) is 39.1. The molecule has 0 unspecified atom stereocenters. The molecule has 0 saturated heterocycles. The average molecular weight is 744 g/mol. The molecule has 0 radical (unpaired) electrons. The molecule has 3 heterocycles. The van der Waals surface area contributed by atoms with Crippen molar-refractivity contribution in [1.29, 1.82) is 5.26 Å². The van der Waals surface area contributed by atoms with E-state index in [1.807, 2.05) is 30.3 Å². The van der Waals surface area contributed by atoms with E-state index in [1.165, 1.54) is 55.3 Å². The van der Waals surface area contributed by atoms with E-state index in [0.29, 0.717) is 23.0 Å². The van der Waals surface area contributed by atoms with Gasteiger partial charge >= 0.3 is 0 Å². The topological polar surface area (TPSA) is 59.4 Å². The Bertz CT molecular complexity index is 3260. The van der Waals surface area contributed by atoms with Gasteiger partial charge in [0.25, 0.3) is 0 Å². The summed E-state index contributed by atoms with van der Waals surface area (Å²) in [5, 5.41) is 16.1. The Morgan fingerprint density at radius 3 is 1.36 bits per heavy atom. The third kappa shape index (κ3) is 4.09. The molecule has 7 aromatic carbocycles. The van der Waals surface area contributed by atoms with Crippen LogP contribution in [0.3, 0.4) is 0 Å². The third-order valence-electron chi connectivity index (χ3n) is 13.1. The maximum absolute atomic E-state index is 11.5. The third-order valence-corrected chi connectivity index (χ3v) is 13.1. The van der Waals surface area contributed by atoms with Crippen LogP contribution >= 0.6 is 0 Å². The zero-order valence-corrected chi connectivity index (χ0v) is 32.7. The largest absolute Gasteiger partial charge is 0.292 e. The highest BCUT2D eigenvalue weighted by Gasteiger charge is 2.40. The molecular weight excluding hydrogens is 707 g/mol. The fourth-order valence-electron chi connectivity index (χ4n) is 10.7. The van der Waals surface area contributed by atoms with Crippen molar-refractivity contribution in [1.82, 2.24) is 19.1 Å². The van der Waals surface area contributed by atoms with Crippen LogP contribution in [0, 0.1) is 11.3 Å². The number of nitriles is 1. The highest BCUT2D eigenvalue weighted by molar-refractivity contribution is 6.16. The van der Waals surface area contributed by atoms with Crippen LogP contribution in [-0.4, -0.2) is 19.1 Å². The molecule has 0 spiro atoms. The molecular formula is C53H37N5. The molecule has 12 rings (SSSR count). The Balaban J connectivity index is 1.22. The Hall–Kier alpha value is -7.29. The highest BCUT2D eigenvalue weighted by atomic mass is 15.2. The van der Waals surface area contributed by atoms with Gasteiger partial charge in [-0.1, -0.05) is 155 Å². The molecule has 3 aromatic heterocycles. The molecule has 10 aromatic rings. The summed E-state index contributed by atoms with van der Waals surface area (Å²) in [5.74, 6) is 1.68. The number of aromatic nitrogens is 4. The van der Waals surface area contributed by atoms with Crippen LogP contribution in [0.1, 0.15) is 55.5 Å². The van der Waals surface area contributed by atoms with Crippen LogP contribution in [0.5, 0.6) is 0 Å². The summed E-state index contributed by atoms with van der Waals surface area (Å²) in [4.78, 5) is 10.8. The maximum Gasteiger partial charge on any atom is 0.164 e. The first-order chi connectivity index (χ1) is 28.3. The summed E-state index contributed by atoms with van der Waals surface area (Å²) in [7, 11) is 0. The second kappa shape index (κ2) is 11.4. The minimum atomic E-state index is -0.235. The normalized spacial score (nSPS) is 14.5. The van der Waals surface area contributed by atoms with Crippen molar-refractivity contribution in [2.24, 2.45) is 0 Å². The molecule has 5 heteroatoms. The molecule has 0 fully saturated rings. The Morgan fingerprint density at radius 2 is 0.879 bits per heavy atom. The molecule has 2 aliphatic rings. The first-order valence-corrected chi connectivity index (χ1v) is 20.0. The smallest absolute Gasteiger partial charge is 0.164 e. The van der Waals surface area contributed by atoms with Crippen molar-refractivity contribution in [2.75, 3.05) is 0 Å². The first-order valence-electron chi connectivity index (χ1n) is 20.0. The number of hydrogen-bond donors (Lipinski definition) is 0. The summed E-state index contributed by atoms with van der Waals surface area (Å²) < 4.78 is 4.43. The lowest BCUT2D eigenvalue weighted by Crippen LogP contribution is -2.15. The van der Waals surface area contributed by atoms with E-state index in [2.05, 4.69) is 164 Å². The molecule has 2 aliphatic carbocycles. The number of rotatable bonds is 3. The van der Waals surface area contributed by atoms with Crippen LogP contribution < -0.4 is 0 Å². The van der Waals surface area contributed by atoms with Crippen LogP contribution in [0.25, 0.3) is 88.9 Å². The van der Waals surface area contributed by atoms with Gasteiger partial charge in [-0.2, -0.15) is 5.26 Å². The molecule has 5 nitrogen and oxygen atoms in total. The molecule has 0 saturated carbocycles. The lowest BCUT2D eigenvalue weighted by Gasteiger charge is -2.23. The maximum atomic E-state index is 11.5. The Kier molecular flexibility index (Phi) is 6.47. The van der Waals surface area contributed by atoms with Crippen molar-refractivity contribution >= 4 is 43.6 Å². The average Bonchev–Trinajstić information content (AvgIpc) is 3.92. The van der Waals surface area contributed by atoms with Gasteiger partial charge in [0, 0.05) is 37.9 Å².